The molecule has 3 rings (SSSR count). The number of nitriles is 1. The smallest absolute Gasteiger partial charge is 0.228 e. The first kappa shape index (κ1) is 23.3. The first-order chi connectivity index (χ1) is 15.4. The molecule has 2 aromatic rings. The highest BCUT2D eigenvalue weighted by Crippen LogP contribution is 2.24. The number of hydrogen-bond acceptors (Lipinski definition) is 5. The van der Waals surface area contributed by atoms with Crippen LogP contribution in [0.15, 0.2) is 48.5 Å². The molecule has 32 heavy (non-hydrogen) atoms. The molecule has 1 heterocycles. The molecule has 2 amide bonds. The van der Waals surface area contributed by atoms with Crippen molar-refractivity contribution in [3.63, 3.8) is 0 Å². The van der Waals surface area contributed by atoms with E-state index >= 15 is 0 Å². The summed E-state index contributed by atoms with van der Waals surface area (Å²) in [5.74, 6) is 0.395. The summed E-state index contributed by atoms with van der Waals surface area (Å²) in [6, 6.07) is 17.1. The number of nitrogens with zero attached hydrogens (tertiary/aromatic N) is 4. The van der Waals surface area contributed by atoms with Crippen molar-refractivity contribution >= 4 is 11.8 Å². The summed E-state index contributed by atoms with van der Waals surface area (Å²) in [7, 11) is 5.55. The Morgan fingerprint density at radius 2 is 1.91 bits per heavy atom. The maximum atomic E-state index is 13.4. The molecular formula is C25H30N4O3. The average Bonchev–Trinajstić information content (AvgIpc) is 3.16. The van der Waals surface area contributed by atoms with Crippen LogP contribution >= 0.6 is 0 Å². The second kappa shape index (κ2) is 10.8. The first-order valence-corrected chi connectivity index (χ1v) is 10.7. The van der Waals surface area contributed by atoms with Crippen LogP contribution in [0, 0.1) is 17.2 Å². The monoisotopic (exact) mass is 434 g/mol. The van der Waals surface area contributed by atoms with Crippen molar-refractivity contribution in [2.45, 2.75) is 19.5 Å². The second-order valence-electron chi connectivity index (χ2n) is 8.40. The summed E-state index contributed by atoms with van der Waals surface area (Å²) >= 11 is 0. The lowest BCUT2D eigenvalue weighted by atomic mass is 10.1. The van der Waals surface area contributed by atoms with Gasteiger partial charge in [0.15, 0.2) is 0 Å². The van der Waals surface area contributed by atoms with Crippen LogP contribution in [0.3, 0.4) is 0 Å². The number of likely N-dealkylation sites (N-methyl/N-ethyl adjacent to an activating group) is 1. The van der Waals surface area contributed by atoms with Crippen LogP contribution in [0.1, 0.15) is 23.1 Å². The quantitative estimate of drug-likeness (QED) is 0.606. The molecule has 0 radical (unpaired) electrons. The molecule has 7 nitrogen and oxygen atoms in total. The molecule has 1 aliphatic heterocycles. The molecule has 0 aliphatic carbocycles. The van der Waals surface area contributed by atoms with Crippen molar-refractivity contribution < 1.29 is 14.3 Å². The van der Waals surface area contributed by atoms with E-state index in [4.69, 9.17) is 4.74 Å². The van der Waals surface area contributed by atoms with Crippen LogP contribution in [-0.4, -0.2) is 67.4 Å². The highest BCUT2D eigenvalue weighted by atomic mass is 16.5. The minimum Gasteiger partial charge on any atom is -0.497 e. The highest BCUT2D eigenvalue weighted by molar-refractivity contribution is 5.89. The van der Waals surface area contributed by atoms with Crippen LogP contribution in [0.25, 0.3) is 0 Å². The van der Waals surface area contributed by atoms with Gasteiger partial charge in [0.1, 0.15) is 5.75 Å². The van der Waals surface area contributed by atoms with E-state index in [-0.39, 0.29) is 24.2 Å². The SMILES string of the molecule is COc1ccc(CN2CC(C(=O)N(CCN(C)C)Cc3cccc(C#N)c3)CC2=O)cc1. The Morgan fingerprint density at radius 3 is 2.56 bits per heavy atom. The van der Waals surface area contributed by atoms with Crippen LogP contribution in [-0.2, 0) is 22.7 Å². The Balaban J connectivity index is 1.69. The Bertz CT molecular complexity index is 981. The predicted molar refractivity (Wildman–Crippen MR) is 122 cm³/mol. The zero-order valence-corrected chi connectivity index (χ0v) is 19.0. The van der Waals surface area contributed by atoms with E-state index in [0.717, 1.165) is 23.4 Å². The van der Waals surface area contributed by atoms with Gasteiger partial charge in [-0.05, 0) is 49.5 Å². The van der Waals surface area contributed by atoms with Crippen LogP contribution in [0.5, 0.6) is 5.75 Å². The van der Waals surface area contributed by atoms with Crippen LogP contribution in [0.2, 0.25) is 0 Å². The number of benzene rings is 2. The van der Waals surface area contributed by atoms with Gasteiger partial charge in [-0.3, -0.25) is 9.59 Å². The minimum atomic E-state index is -0.359. The molecule has 0 N–H and O–H groups in total. The lowest BCUT2D eigenvalue weighted by Gasteiger charge is -2.27. The third kappa shape index (κ3) is 6.08. The molecule has 7 heteroatoms. The summed E-state index contributed by atoms with van der Waals surface area (Å²) < 4.78 is 5.19. The van der Waals surface area contributed by atoms with Crippen molar-refractivity contribution in [2.24, 2.45) is 5.92 Å². The topological polar surface area (TPSA) is 76.9 Å². The fraction of sp³-hybridized carbons (Fsp3) is 0.400. The maximum absolute atomic E-state index is 13.4. The molecule has 0 bridgehead atoms. The van der Waals surface area contributed by atoms with Gasteiger partial charge >= 0.3 is 0 Å². The van der Waals surface area contributed by atoms with Crippen molar-refractivity contribution in [1.29, 1.82) is 5.26 Å². The van der Waals surface area contributed by atoms with Gasteiger partial charge in [-0.1, -0.05) is 24.3 Å². The second-order valence-corrected chi connectivity index (χ2v) is 8.40. The molecule has 0 spiro atoms. The molecule has 2 aromatic carbocycles. The lowest BCUT2D eigenvalue weighted by molar-refractivity contribution is -0.136. The fourth-order valence-corrected chi connectivity index (χ4v) is 3.85. The van der Waals surface area contributed by atoms with Gasteiger partial charge in [0, 0.05) is 39.1 Å². The number of carbonyl (C=O) groups excluding carboxylic acids is 2. The van der Waals surface area contributed by atoms with Crippen molar-refractivity contribution in [2.75, 3.05) is 40.8 Å². The summed E-state index contributed by atoms with van der Waals surface area (Å²) in [5, 5.41) is 9.18. The molecule has 0 aromatic heterocycles. The van der Waals surface area contributed by atoms with Crippen LogP contribution < -0.4 is 4.74 Å². The van der Waals surface area contributed by atoms with E-state index in [9.17, 15) is 14.9 Å². The summed E-state index contributed by atoms with van der Waals surface area (Å²) in [4.78, 5) is 31.6. The number of likely N-dealkylation sites (tertiary alicyclic amines) is 1. The number of carbonyl (C=O) groups is 2. The molecule has 0 saturated carbocycles. The van der Waals surface area contributed by atoms with Gasteiger partial charge < -0.3 is 19.4 Å². The van der Waals surface area contributed by atoms with E-state index in [1.807, 2.05) is 66.4 Å². The van der Waals surface area contributed by atoms with E-state index in [1.165, 1.54) is 0 Å². The van der Waals surface area contributed by atoms with Gasteiger partial charge in [-0.2, -0.15) is 5.26 Å². The number of ether oxygens (including phenoxy) is 1. The van der Waals surface area contributed by atoms with Crippen molar-refractivity contribution in [3.05, 3.63) is 65.2 Å². The largest absolute Gasteiger partial charge is 0.497 e. The number of methoxy groups -OCH3 is 1. The Morgan fingerprint density at radius 1 is 1.16 bits per heavy atom. The van der Waals surface area contributed by atoms with Gasteiger partial charge in [-0.15, -0.1) is 0 Å². The Hall–Kier alpha value is -3.37. The highest BCUT2D eigenvalue weighted by Gasteiger charge is 2.36. The molecular weight excluding hydrogens is 404 g/mol. The minimum absolute atomic E-state index is 0.00166. The molecule has 1 unspecified atom stereocenters. The van der Waals surface area contributed by atoms with Crippen molar-refractivity contribution in [3.8, 4) is 11.8 Å². The predicted octanol–water partition coefficient (Wildman–Crippen LogP) is 2.51. The number of rotatable bonds is 9. The van der Waals surface area contributed by atoms with E-state index < -0.39 is 0 Å². The molecule has 1 fully saturated rings. The Kier molecular flexibility index (Phi) is 7.85. The van der Waals surface area contributed by atoms with Crippen molar-refractivity contribution in [1.82, 2.24) is 14.7 Å². The van der Waals surface area contributed by atoms with Crippen LogP contribution in [0.4, 0.5) is 0 Å². The van der Waals surface area contributed by atoms with Gasteiger partial charge in [-0.25, -0.2) is 0 Å². The van der Waals surface area contributed by atoms with E-state index in [0.29, 0.717) is 31.7 Å². The van der Waals surface area contributed by atoms with E-state index in [2.05, 4.69) is 6.07 Å². The standard InChI is InChI=1S/C25H30N4O3/c1-27(2)11-12-28(17-21-6-4-5-20(13-21)15-26)25(31)22-14-24(30)29(18-22)16-19-7-9-23(32-3)10-8-19/h4-10,13,22H,11-12,14,16-18H2,1-3H3. The summed E-state index contributed by atoms with van der Waals surface area (Å²) in [6.45, 7) is 2.60. The summed E-state index contributed by atoms with van der Waals surface area (Å²) in [6.07, 6.45) is 0.228. The Labute approximate surface area is 189 Å². The molecule has 1 saturated heterocycles. The summed E-state index contributed by atoms with van der Waals surface area (Å²) in [5.41, 5.74) is 2.49. The first-order valence-electron chi connectivity index (χ1n) is 10.7. The van der Waals surface area contributed by atoms with Gasteiger partial charge in [0.2, 0.25) is 11.8 Å². The molecule has 1 atom stereocenters. The zero-order chi connectivity index (χ0) is 23.1. The third-order valence-corrected chi connectivity index (χ3v) is 5.65. The lowest BCUT2D eigenvalue weighted by Crippen LogP contribution is -2.40. The average molecular weight is 435 g/mol. The molecule has 1 aliphatic rings. The van der Waals surface area contributed by atoms with Gasteiger partial charge in [0.05, 0.1) is 24.7 Å². The normalized spacial score (nSPS) is 15.7. The number of hydrogen-bond donors (Lipinski definition) is 0. The third-order valence-electron chi connectivity index (χ3n) is 5.65. The fourth-order valence-electron chi connectivity index (χ4n) is 3.85. The molecule has 168 valence electrons. The van der Waals surface area contributed by atoms with E-state index in [1.54, 1.807) is 18.1 Å². The zero-order valence-electron chi connectivity index (χ0n) is 19.0. The van der Waals surface area contributed by atoms with Gasteiger partial charge in [0.25, 0.3) is 0 Å². The number of amides is 2. The maximum Gasteiger partial charge on any atom is 0.228 e.